The molecule has 0 fully saturated rings. The third-order valence-corrected chi connectivity index (χ3v) is 2.78. The lowest BCUT2D eigenvalue weighted by atomic mass is 10.2. The zero-order chi connectivity index (χ0) is 9.26. The molecule has 0 N–H and O–H groups in total. The predicted octanol–water partition coefficient (Wildman–Crippen LogP) is 2.72. The summed E-state index contributed by atoms with van der Waals surface area (Å²) in [6.45, 7) is 0. The number of benzene rings is 1. The summed E-state index contributed by atoms with van der Waals surface area (Å²) in [5.41, 5.74) is 0.659. The van der Waals surface area contributed by atoms with Gasteiger partial charge in [0.1, 0.15) is 12.0 Å². The van der Waals surface area contributed by atoms with Gasteiger partial charge in [-0.2, -0.15) is 0 Å². The smallest absolute Gasteiger partial charge is 0.150 e. The van der Waals surface area contributed by atoms with Crippen LogP contribution in [-0.4, -0.2) is 13.4 Å². The Morgan fingerprint density at radius 1 is 1.46 bits per heavy atom. The first-order chi connectivity index (χ1) is 6.35. The van der Waals surface area contributed by atoms with Crippen LogP contribution in [0.25, 0.3) is 10.1 Å². The molecule has 2 nitrogen and oxygen atoms in total. The van der Waals surface area contributed by atoms with Crippen molar-refractivity contribution in [1.29, 1.82) is 0 Å². The molecule has 3 heteroatoms. The highest BCUT2D eigenvalue weighted by Gasteiger charge is 2.04. The standard InChI is InChI=1S/C10H8O2S/c1-12-9-4-7(6-11)5-10-8(9)2-3-13-10/h2-6H,1H3. The SMILES string of the molecule is COc1cc(C=O)cc2sccc12. The number of rotatable bonds is 2. The van der Waals surface area contributed by atoms with Gasteiger partial charge < -0.3 is 4.74 Å². The topological polar surface area (TPSA) is 26.3 Å². The monoisotopic (exact) mass is 192 g/mol. The van der Waals surface area contributed by atoms with Crippen LogP contribution in [0.3, 0.4) is 0 Å². The maximum absolute atomic E-state index is 10.6. The van der Waals surface area contributed by atoms with Crippen LogP contribution < -0.4 is 4.74 Å². The van der Waals surface area contributed by atoms with Gasteiger partial charge in [-0.1, -0.05) is 0 Å². The molecule has 0 amide bonds. The van der Waals surface area contributed by atoms with Crippen LogP contribution in [0, 0.1) is 0 Å². The highest BCUT2D eigenvalue weighted by molar-refractivity contribution is 7.17. The number of carbonyl (C=O) groups excluding carboxylic acids is 1. The van der Waals surface area contributed by atoms with E-state index in [-0.39, 0.29) is 0 Å². The summed E-state index contributed by atoms with van der Waals surface area (Å²) in [5, 5.41) is 3.06. The van der Waals surface area contributed by atoms with Gasteiger partial charge in [0, 0.05) is 15.6 Å². The molecule has 0 saturated heterocycles. The second kappa shape index (κ2) is 3.18. The van der Waals surface area contributed by atoms with Gasteiger partial charge >= 0.3 is 0 Å². The summed E-state index contributed by atoms with van der Waals surface area (Å²) in [6, 6.07) is 5.62. The first-order valence-corrected chi connectivity index (χ1v) is 4.73. The largest absolute Gasteiger partial charge is 0.496 e. The van der Waals surface area contributed by atoms with Crippen molar-refractivity contribution in [2.24, 2.45) is 0 Å². The summed E-state index contributed by atoms with van der Waals surface area (Å²) < 4.78 is 6.26. The summed E-state index contributed by atoms with van der Waals surface area (Å²) in [6.07, 6.45) is 0.835. The first kappa shape index (κ1) is 8.26. The molecule has 0 unspecified atom stereocenters. The number of carbonyl (C=O) groups is 1. The second-order valence-corrected chi connectivity index (χ2v) is 3.62. The van der Waals surface area contributed by atoms with E-state index in [4.69, 9.17) is 4.74 Å². The molecule has 1 heterocycles. The van der Waals surface area contributed by atoms with Crippen molar-refractivity contribution in [3.63, 3.8) is 0 Å². The fourth-order valence-electron chi connectivity index (χ4n) is 1.30. The van der Waals surface area contributed by atoms with Crippen LogP contribution in [0.1, 0.15) is 10.4 Å². The number of methoxy groups -OCH3 is 1. The molecule has 0 spiro atoms. The van der Waals surface area contributed by atoms with Gasteiger partial charge in [-0.05, 0) is 23.6 Å². The molecule has 2 aromatic rings. The van der Waals surface area contributed by atoms with Gasteiger partial charge in [-0.25, -0.2) is 0 Å². The average Bonchev–Trinajstić information content (AvgIpc) is 2.63. The van der Waals surface area contributed by atoms with Gasteiger partial charge in [-0.15, -0.1) is 11.3 Å². The Morgan fingerprint density at radius 2 is 2.31 bits per heavy atom. The molecule has 2 rings (SSSR count). The van der Waals surface area contributed by atoms with E-state index in [0.29, 0.717) is 5.56 Å². The molecule has 0 saturated carbocycles. The number of hydrogen-bond donors (Lipinski definition) is 0. The zero-order valence-corrected chi connectivity index (χ0v) is 7.93. The molecule has 1 aromatic heterocycles. The summed E-state index contributed by atoms with van der Waals surface area (Å²) in [7, 11) is 1.61. The van der Waals surface area contributed by atoms with E-state index in [1.54, 1.807) is 24.5 Å². The molecule has 1 aromatic carbocycles. The number of aldehydes is 1. The number of hydrogen-bond acceptors (Lipinski definition) is 3. The highest BCUT2D eigenvalue weighted by atomic mass is 32.1. The fraction of sp³-hybridized carbons (Fsp3) is 0.100. The Balaban J connectivity index is 2.77. The van der Waals surface area contributed by atoms with Crippen LogP contribution in [0.2, 0.25) is 0 Å². The highest BCUT2D eigenvalue weighted by Crippen LogP contribution is 2.30. The van der Waals surface area contributed by atoms with Gasteiger partial charge in [0.2, 0.25) is 0 Å². The van der Waals surface area contributed by atoms with Gasteiger partial charge in [0.05, 0.1) is 7.11 Å². The quantitative estimate of drug-likeness (QED) is 0.684. The minimum Gasteiger partial charge on any atom is -0.496 e. The van der Waals surface area contributed by atoms with Crippen molar-refractivity contribution in [3.05, 3.63) is 29.1 Å². The van der Waals surface area contributed by atoms with Crippen molar-refractivity contribution in [3.8, 4) is 5.75 Å². The van der Waals surface area contributed by atoms with E-state index in [1.807, 2.05) is 17.5 Å². The maximum Gasteiger partial charge on any atom is 0.150 e. The van der Waals surface area contributed by atoms with Crippen molar-refractivity contribution in [2.45, 2.75) is 0 Å². The number of fused-ring (bicyclic) bond motifs is 1. The lowest BCUT2D eigenvalue weighted by Gasteiger charge is -2.01. The summed E-state index contributed by atoms with van der Waals surface area (Å²) >= 11 is 1.61. The molecule has 0 bridgehead atoms. The zero-order valence-electron chi connectivity index (χ0n) is 7.11. The summed E-state index contributed by atoms with van der Waals surface area (Å²) in [5.74, 6) is 0.765. The lowest BCUT2D eigenvalue weighted by Crippen LogP contribution is -1.86. The van der Waals surface area contributed by atoms with E-state index in [9.17, 15) is 4.79 Å². The molecular formula is C10H8O2S. The van der Waals surface area contributed by atoms with Crippen LogP contribution in [0.5, 0.6) is 5.75 Å². The Labute approximate surface area is 79.8 Å². The molecule has 13 heavy (non-hydrogen) atoms. The first-order valence-electron chi connectivity index (χ1n) is 3.85. The third kappa shape index (κ3) is 1.31. The van der Waals surface area contributed by atoms with E-state index in [1.165, 1.54) is 0 Å². The van der Waals surface area contributed by atoms with Crippen molar-refractivity contribution >= 4 is 27.7 Å². The van der Waals surface area contributed by atoms with Crippen LogP contribution >= 0.6 is 11.3 Å². The fourth-order valence-corrected chi connectivity index (χ4v) is 2.15. The Kier molecular flexibility index (Phi) is 2.02. The molecule has 0 atom stereocenters. The van der Waals surface area contributed by atoms with Crippen molar-refractivity contribution < 1.29 is 9.53 Å². The molecule has 66 valence electrons. The lowest BCUT2D eigenvalue weighted by molar-refractivity contribution is 0.112. The Hall–Kier alpha value is -1.35. The average molecular weight is 192 g/mol. The normalized spacial score (nSPS) is 10.2. The van der Waals surface area contributed by atoms with Crippen LogP contribution in [0.4, 0.5) is 0 Å². The van der Waals surface area contributed by atoms with Crippen molar-refractivity contribution in [1.82, 2.24) is 0 Å². The summed E-state index contributed by atoms with van der Waals surface area (Å²) in [4.78, 5) is 10.6. The molecule has 0 aliphatic rings. The van der Waals surface area contributed by atoms with Gasteiger partial charge in [0.25, 0.3) is 0 Å². The number of ether oxygens (including phenoxy) is 1. The minimum absolute atomic E-state index is 0.659. The van der Waals surface area contributed by atoms with Crippen LogP contribution in [-0.2, 0) is 0 Å². The minimum atomic E-state index is 0.659. The Morgan fingerprint density at radius 3 is 3.00 bits per heavy atom. The van der Waals surface area contributed by atoms with Gasteiger partial charge in [0.15, 0.2) is 0 Å². The van der Waals surface area contributed by atoms with E-state index in [2.05, 4.69) is 0 Å². The van der Waals surface area contributed by atoms with E-state index >= 15 is 0 Å². The molecule has 0 aliphatic carbocycles. The predicted molar refractivity (Wildman–Crippen MR) is 53.8 cm³/mol. The van der Waals surface area contributed by atoms with E-state index < -0.39 is 0 Å². The Bertz CT molecular complexity index is 445. The third-order valence-electron chi connectivity index (χ3n) is 1.91. The van der Waals surface area contributed by atoms with Crippen LogP contribution in [0.15, 0.2) is 23.6 Å². The second-order valence-electron chi connectivity index (χ2n) is 2.67. The molecular weight excluding hydrogens is 184 g/mol. The molecule has 0 radical (unpaired) electrons. The van der Waals surface area contributed by atoms with E-state index in [0.717, 1.165) is 22.1 Å². The maximum atomic E-state index is 10.6. The van der Waals surface area contributed by atoms with Gasteiger partial charge in [-0.3, -0.25) is 4.79 Å². The van der Waals surface area contributed by atoms with Crippen molar-refractivity contribution in [2.75, 3.05) is 7.11 Å². The number of thiophene rings is 1. The molecule has 0 aliphatic heterocycles.